The molecule has 0 fully saturated rings. The van der Waals surface area contributed by atoms with Gasteiger partial charge in [0, 0.05) is 0 Å². The molecule has 0 heterocycles. The number of hydrogen-bond acceptors (Lipinski definition) is 3. The van der Waals surface area contributed by atoms with Crippen molar-refractivity contribution in [2.24, 2.45) is 0 Å². The number of hydrogen-bond donors (Lipinski definition) is 2. The number of carbonyl (C=O) groups is 1. The number of carbonyl (C=O) groups excluding carboxylic acids is 2. The predicted molar refractivity (Wildman–Crippen MR) is 19.3 cm³/mol. The molecule has 8 heavy (non-hydrogen) atoms. The van der Waals surface area contributed by atoms with E-state index in [1.54, 1.807) is 0 Å². The summed E-state index contributed by atoms with van der Waals surface area (Å²) in [6, 6.07) is 0. The van der Waals surface area contributed by atoms with E-state index in [4.69, 9.17) is 24.6 Å². The zero-order valence-corrected chi connectivity index (χ0v) is 3.62. The van der Waals surface area contributed by atoms with E-state index in [0.717, 1.165) is 0 Å². The molecule has 0 aromatic heterocycles. The second-order valence-electron chi connectivity index (χ2n) is 0.366. The van der Waals surface area contributed by atoms with Gasteiger partial charge >= 0.3 is 12.3 Å². The Morgan fingerprint density at radius 3 is 1.25 bits per heavy atom. The molecule has 4 N–H and O–H groups in total. The van der Waals surface area contributed by atoms with Gasteiger partial charge in [0.1, 0.15) is 0 Å². The van der Waals surface area contributed by atoms with Crippen LogP contribution in [0.5, 0.6) is 0 Å². The molecule has 0 spiro atoms. The van der Waals surface area contributed by atoms with Gasteiger partial charge in [0.05, 0.1) is 0 Å². The molecule has 6 heteroatoms. The Balaban J connectivity index is -0.0000000575. The molecule has 0 aliphatic carbocycles. The van der Waals surface area contributed by atoms with Gasteiger partial charge in [0.15, 0.2) is 0 Å². The summed E-state index contributed by atoms with van der Waals surface area (Å²) in [6.07, 6.45) is -1.58. The Bertz CT molecular complexity index is 74.5. The van der Waals surface area contributed by atoms with Gasteiger partial charge < -0.3 is 15.7 Å². The minimum atomic E-state index is -1.83. The van der Waals surface area contributed by atoms with Crippen LogP contribution in [0.2, 0.25) is 0 Å². The number of carboxylic acid groups (broad SMARTS) is 2. The van der Waals surface area contributed by atoms with Crippen LogP contribution in [0, 0.1) is 0 Å². The highest BCUT2D eigenvalue weighted by Crippen LogP contribution is 1.42. The maximum Gasteiger partial charge on any atom is 0.503 e. The van der Waals surface area contributed by atoms with Crippen molar-refractivity contribution < 1.29 is 30.1 Å². The van der Waals surface area contributed by atoms with E-state index in [-0.39, 0.29) is 11.6 Å². The highest BCUT2D eigenvalue weighted by molar-refractivity contribution is 5.53. The van der Waals surface area contributed by atoms with E-state index in [0.29, 0.717) is 0 Å². The average molecular weight is 124 g/mol. The van der Waals surface area contributed by atoms with Crippen molar-refractivity contribution in [2.75, 3.05) is 0 Å². The van der Waals surface area contributed by atoms with Crippen molar-refractivity contribution in [3.05, 3.63) is 0 Å². The molecule has 0 aliphatic heterocycles. The molecule has 48 valence electrons. The third kappa shape index (κ3) is 31.1. The van der Waals surface area contributed by atoms with E-state index in [9.17, 15) is 0 Å². The summed E-state index contributed by atoms with van der Waals surface area (Å²) < 4.78 is 0. The van der Waals surface area contributed by atoms with Crippen molar-refractivity contribution >= 4 is 12.3 Å². The third-order valence-corrected chi connectivity index (χ3v) is 0. The van der Waals surface area contributed by atoms with Gasteiger partial charge in [0.2, 0.25) is 0 Å². The van der Waals surface area contributed by atoms with Crippen molar-refractivity contribution in [1.29, 1.82) is 0 Å². The van der Waals surface area contributed by atoms with Gasteiger partial charge in [-0.25, -0.2) is 4.79 Å². The lowest BCUT2D eigenvalue weighted by atomic mass is 11.5. The normalized spacial score (nSPS) is 4.00. The van der Waals surface area contributed by atoms with Crippen LogP contribution in [0.25, 0.3) is 0 Å². The molecule has 0 aromatic rings. The summed E-state index contributed by atoms with van der Waals surface area (Å²) in [4.78, 5) is 24.8. The standard InChI is InChI=1S/CH2O3.CO2.H2O/c2-1(3)4;2-1-3;/h(H2,2,3,4);;1H2. The largest absolute Gasteiger partial charge is 0.503 e. The molecule has 0 unspecified atom stereocenters. The van der Waals surface area contributed by atoms with Gasteiger partial charge in [0.25, 0.3) is 0 Å². The van der Waals surface area contributed by atoms with Crippen LogP contribution in [0.3, 0.4) is 0 Å². The Morgan fingerprint density at radius 2 is 1.25 bits per heavy atom. The van der Waals surface area contributed by atoms with Crippen LogP contribution < -0.4 is 0 Å². The molecule has 6 nitrogen and oxygen atoms in total. The molecule has 0 rings (SSSR count). The zero-order valence-electron chi connectivity index (χ0n) is 3.62. The molecule has 0 aromatic carbocycles. The molecule has 0 atom stereocenters. The fraction of sp³-hybridized carbons (Fsp3) is 0. The predicted octanol–water partition coefficient (Wildman–Crippen LogP) is -1.19. The Kier molecular flexibility index (Phi) is 34.9. The fourth-order valence-corrected chi connectivity index (χ4v) is 0. The summed E-state index contributed by atoms with van der Waals surface area (Å²) in [5.41, 5.74) is 0. The lowest BCUT2D eigenvalue weighted by Crippen LogP contribution is -1.81. The van der Waals surface area contributed by atoms with E-state index < -0.39 is 6.16 Å². The van der Waals surface area contributed by atoms with Gasteiger partial charge in [-0.15, -0.1) is 0 Å². The van der Waals surface area contributed by atoms with Crippen LogP contribution >= 0.6 is 0 Å². The molecule has 0 aliphatic rings. The Labute approximate surface area is 43.7 Å². The van der Waals surface area contributed by atoms with E-state index in [2.05, 4.69) is 0 Å². The monoisotopic (exact) mass is 124 g/mol. The maximum absolute atomic E-state index is 8.56. The fourth-order valence-electron chi connectivity index (χ4n) is 0. The van der Waals surface area contributed by atoms with Crippen LogP contribution in [0.1, 0.15) is 0 Å². The first-order valence-electron chi connectivity index (χ1n) is 1.06. The van der Waals surface area contributed by atoms with Crippen molar-refractivity contribution in [2.45, 2.75) is 0 Å². The van der Waals surface area contributed by atoms with Gasteiger partial charge in [-0.3, -0.25) is 0 Å². The topological polar surface area (TPSA) is 123 Å². The first-order chi connectivity index (χ1) is 3.15. The van der Waals surface area contributed by atoms with Gasteiger partial charge in [-0.1, -0.05) is 0 Å². The molecule has 0 saturated carbocycles. The van der Waals surface area contributed by atoms with E-state index in [1.807, 2.05) is 0 Å². The quantitative estimate of drug-likeness (QED) is 0.420. The van der Waals surface area contributed by atoms with Crippen molar-refractivity contribution in [3.63, 3.8) is 0 Å². The highest BCUT2D eigenvalue weighted by atomic mass is 16.6. The lowest BCUT2D eigenvalue weighted by Gasteiger charge is -1.60. The molecule has 0 saturated heterocycles. The van der Waals surface area contributed by atoms with Crippen LogP contribution in [0.15, 0.2) is 0 Å². The summed E-state index contributed by atoms with van der Waals surface area (Å²) in [7, 11) is 0. The molecule has 0 bridgehead atoms. The molecular weight excluding hydrogens is 120 g/mol. The smallest absolute Gasteiger partial charge is 0.450 e. The first kappa shape index (κ1) is 16.0. The molecule has 0 radical (unpaired) electrons. The van der Waals surface area contributed by atoms with Gasteiger partial charge in [-0.05, 0) is 0 Å². The van der Waals surface area contributed by atoms with Crippen molar-refractivity contribution in [3.8, 4) is 0 Å². The second-order valence-corrected chi connectivity index (χ2v) is 0.366. The molecule has 0 amide bonds. The van der Waals surface area contributed by atoms with Crippen LogP contribution in [0.4, 0.5) is 4.79 Å². The Hall–Kier alpha value is -1.39. The minimum Gasteiger partial charge on any atom is -0.450 e. The Morgan fingerprint density at radius 1 is 1.25 bits per heavy atom. The van der Waals surface area contributed by atoms with E-state index in [1.165, 1.54) is 0 Å². The SMILES string of the molecule is O.O=C(O)O.O=C=O. The summed E-state index contributed by atoms with van der Waals surface area (Å²) in [5, 5.41) is 13.9. The number of rotatable bonds is 0. The average Bonchev–Trinajstić information content (AvgIpc) is 1.33. The second kappa shape index (κ2) is 17.5. The summed E-state index contributed by atoms with van der Waals surface area (Å²) >= 11 is 0. The first-order valence-corrected chi connectivity index (χ1v) is 1.06. The minimum absolute atomic E-state index is 0. The lowest BCUT2D eigenvalue weighted by molar-refractivity contribution is -0.191. The van der Waals surface area contributed by atoms with Crippen molar-refractivity contribution in [1.82, 2.24) is 0 Å². The maximum atomic E-state index is 8.56. The third-order valence-electron chi connectivity index (χ3n) is 0. The molecular formula is C2H4O6. The van der Waals surface area contributed by atoms with E-state index >= 15 is 0 Å². The zero-order chi connectivity index (χ0) is 6.28. The summed E-state index contributed by atoms with van der Waals surface area (Å²) in [5.74, 6) is 0. The van der Waals surface area contributed by atoms with Crippen LogP contribution in [-0.2, 0) is 9.59 Å². The van der Waals surface area contributed by atoms with Crippen LogP contribution in [-0.4, -0.2) is 28.0 Å². The van der Waals surface area contributed by atoms with Gasteiger partial charge in [-0.2, -0.15) is 9.59 Å². The summed E-state index contributed by atoms with van der Waals surface area (Å²) in [6.45, 7) is 0. The highest BCUT2D eigenvalue weighted by Gasteiger charge is 1.70.